The predicted molar refractivity (Wildman–Crippen MR) is 111 cm³/mol. The number of anilines is 1. The van der Waals surface area contributed by atoms with Gasteiger partial charge in [0.15, 0.2) is 11.3 Å². The van der Waals surface area contributed by atoms with Crippen LogP contribution >= 0.6 is 11.3 Å². The van der Waals surface area contributed by atoms with Gasteiger partial charge in [-0.25, -0.2) is 4.79 Å². The fourth-order valence-electron chi connectivity index (χ4n) is 2.81. The van der Waals surface area contributed by atoms with Gasteiger partial charge in [-0.2, -0.15) is 0 Å². The molecule has 0 spiro atoms. The van der Waals surface area contributed by atoms with Crippen molar-refractivity contribution < 1.29 is 23.5 Å². The van der Waals surface area contributed by atoms with Gasteiger partial charge in [0.1, 0.15) is 10.6 Å². The number of hydrogen-bond acceptors (Lipinski definition) is 7. The number of fused-ring (bicyclic) bond motifs is 1. The molecule has 2 aromatic heterocycles. The highest BCUT2D eigenvalue weighted by Crippen LogP contribution is 2.30. The minimum absolute atomic E-state index is 0.0624. The second-order valence-electron chi connectivity index (χ2n) is 6.08. The van der Waals surface area contributed by atoms with Gasteiger partial charge in [-0.1, -0.05) is 19.1 Å². The first kappa shape index (κ1) is 20.6. The Bertz CT molecular complexity index is 1120. The molecule has 0 saturated carbocycles. The third-order valence-corrected chi connectivity index (χ3v) is 5.35. The lowest BCUT2D eigenvalue weighted by Crippen LogP contribution is -2.21. The van der Waals surface area contributed by atoms with Crippen molar-refractivity contribution in [1.82, 2.24) is 0 Å². The number of benzene rings is 1. The fraction of sp³-hybridized carbons (Fsp3) is 0.286. The van der Waals surface area contributed by atoms with E-state index in [4.69, 9.17) is 19.3 Å². The molecule has 152 valence electrons. The molecule has 0 aliphatic carbocycles. The van der Waals surface area contributed by atoms with Crippen LogP contribution in [0.15, 0.2) is 34.7 Å². The lowest BCUT2D eigenvalue weighted by atomic mass is 10.1. The average molecular weight is 414 g/mol. The standard InChI is InChI=1S/C21H22N2O5S/c1-4-13-11-15(21(25)27-6-3)20(29-13)23-19(24)14-10-12-8-7-9-16(26-5-2)17(12)28-18(14)22/h7-11,22H,4-6H2,1-3H3,(H,23,24). The highest BCUT2D eigenvalue weighted by molar-refractivity contribution is 7.16. The maximum absolute atomic E-state index is 12.9. The molecule has 0 atom stereocenters. The lowest BCUT2D eigenvalue weighted by molar-refractivity contribution is 0.0528. The number of para-hydroxylation sites is 1. The Kier molecular flexibility index (Phi) is 6.33. The van der Waals surface area contributed by atoms with Gasteiger partial charge in [0.05, 0.1) is 18.8 Å². The van der Waals surface area contributed by atoms with Crippen LogP contribution in [0.2, 0.25) is 0 Å². The first-order valence-corrected chi connectivity index (χ1v) is 10.2. The van der Waals surface area contributed by atoms with E-state index in [0.29, 0.717) is 33.9 Å². The van der Waals surface area contributed by atoms with Gasteiger partial charge in [-0.15, -0.1) is 11.3 Å². The van der Waals surface area contributed by atoms with Gasteiger partial charge in [-0.3, -0.25) is 10.2 Å². The maximum Gasteiger partial charge on any atom is 0.341 e. The largest absolute Gasteiger partial charge is 0.490 e. The highest BCUT2D eigenvalue weighted by Gasteiger charge is 2.21. The van der Waals surface area contributed by atoms with E-state index < -0.39 is 11.9 Å². The Morgan fingerprint density at radius 3 is 2.62 bits per heavy atom. The molecule has 0 radical (unpaired) electrons. The van der Waals surface area contributed by atoms with Crippen LogP contribution in [0.3, 0.4) is 0 Å². The summed E-state index contributed by atoms with van der Waals surface area (Å²) in [4.78, 5) is 26.0. The molecule has 1 aromatic carbocycles. The molecular weight excluding hydrogens is 392 g/mol. The van der Waals surface area contributed by atoms with E-state index in [0.717, 1.165) is 11.3 Å². The lowest BCUT2D eigenvalue weighted by Gasteiger charge is -2.09. The molecule has 29 heavy (non-hydrogen) atoms. The Morgan fingerprint density at radius 1 is 1.14 bits per heavy atom. The van der Waals surface area contributed by atoms with Crippen molar-refractivity contribution in [3.05, 3.63) is 51.9 Å². The second-order valence-corrected chi connectivity index (χ2v) is 7.22. The van der Waals surface area contributed by atoms with E-state index in [9.17, 15) is 9.59 Å². The number of carbonyl (C=O) groups excluding carboxylic acids is 2. The molecule has 0 unspecified atom stereocenters. The van der Waals surface area contributed by atoms with Crippen LogP contribution in [0.5, 0.6) is 5.75 Å². The number of carbonyl (C=O) groups is 2. The minimum Gasteiger partial charge on any atom is -0.490 e. The summed E-state index contributed by atoms with van der Waals surface area (Å²) in [7, 11) is 0. The van der Waals surface area contributed by atoms with Crippen molar-refractivity contribution in [1.29, 1.82) is 5.41 Å². The smallest absolute Gasteiger partial charge is 0.341 e. The van der Waals surface area contributed by atoms with Crippen molar-refractivity contribution in [3.63, 3.8) is 0 Å². The van der Waals surface area contributed by atoms with Gasteiger partial charge in [0.25, 0.3) is 5.91 Å². The maximum atomic E-state index is 12.9. The SMILES string of the molecule is CCOC(=O)c1cc(CC)sc1NC(=O)c1cc2cccc(OCC)c2oc1=N. The molecule has 1 amide bonds. The third kappa shape index (κ3) is 4.32. The summed E-state index contributed by atoms with van der Waals surface area (Å²) in [5.41, 5.74) is 0.497. The number of hydrogen-bond donors (Lipinski definition) is 2. The molecule has 2 heterocycles. The van der Waals surface area contributed by atoms with Gasteiger partial charge < -0.3 is 19.2 Å². The van der Waals surface area contributed by atoms with Crippen molar-refractivity contribution in [2.75, 3.05) is 18.5 Å². The molecule has 3 rings (SSSR count). The third-order valence-electron chi connectivity index (χ3n) is 4.16. The van der Waals surface area contributed by atoms with Crippen molar-refractivity contribution in [3.8, 4) is 5.75 Å². The van der Waals surface area contributed by atoms with Gasteiger partial charge >= 0.3 is 5.97 Å². The summed E-state index contributed by atoms with van der Waals surface area (Å²) >= 11 is 1.31. The number of nitrogens with one attached hydrogen (secondary N) is 2. The summed E-state index contributed by atoms with van der Waals surface area (Å²) in [5, 5.41) is 11.9. The molecule has 0 aliphatic rings. The number of amides is 1. The summed E-state index contributed by atoms with van der Waals surface area (Å²) in [5.74, 6) is -0.507. The highest BCUT2D eigenvalue weighted by atomic mass is 32.1. The molecule has 0 saturated heterocycles. The van der Waals surface area contributed by atoms with E-state index in [1.54, 1.807) is 37.3 Å². The second kappa shape index (κ2) is 8.91. The number of esters is 1. The molecule has 0 fully saturated rings. The van der Waals surface area contributed by atoms with Crippen LogP contribution in [0.1, 0.15) is 46.4 Å². The molecule has 3 aromatic rings. The van der Waals surface area contributed by atoms with Crippen LogP contribution in [0.25, 0.3) is 11.0 Å². The van der Waals surface area contributed by atoms with E-state index >= 15 is 0 Å². The Balaban J connectivity index is 1.97. The minimum atomic E-state index is -0.530. The molecule has 8 heteroatoms. The Labute approximate surface area is 171 Å². The molecule has 2 N–H and O–H groups in total. The zero-order valence-corrected chi connectivity index (χ0v) is 17.3. The Morgan fingerprint density at radius 2 is 1.93 bits per heavy atom. The van der Waals surface area contributed by atoms with E-state index in [1.165, 1.54) is 11.3 Å². The molecular formula is C21H22N2O5S. The number of ether oxygens (including phenoxy) is 2. The summed E-state index contributed by atoms with van der Waals surface area (Å²) in [6, 6.07) is 8.62. The first-order valence-electron chi connectivity index (χ1n) is 9.33. The summed E-state index contributed by atoms with van der Waals surface area (Å²) in [6.07, 6.45) is 0.724. The van der Waals surface area contributed by atoms with Crippen LogP contribution < -0.4 is 15.6 Å². The van der Waals surface area contributed by atoms with Crippen molar-refractivity contribution in [2.45, 2.75) is 27.2 Å². The van der Waals surface area contributed by atoms with Crippen molar-refractivity contribution >= 4 is 39.2 Å². The van der Waals surface area contributed by atoms with Crippen molar-refractivity contribution in [2.24, 2.45) is 0 Å². The van der Waals surface area contributed by atoms with Gasteiger partial charge in [-0.05, 0) is 38.5 Å². The predicted octanol–water partition coefficient (Wildman–Crippen LogP) is 4.36. The topological polar surface area (TPSA) is 102 Å². The first-order chi connectivity index (χ1) is 14.0. The van der Waals surface area contributed by atoms with E-state index in [1.807, 2.05) is 13.8 Å². The van der Waals surface area contributed by atoms with E-state index in [2.05, 4.69) is 5.32 Å². The number of rotatable bonds is 7. The molecule has 0 bridgehead atoms. The van der Waals surface area contributed by atoms with Gasteiger partial charge in [0.2, 0.25) is 5.55 Å². The normalized spacial score (nSPS) is 10.7. The number of aryl methyl sites for hydroxylation is 1. The zero-order chi connectivity index (χ0) is 21.0. The summed E-state index contributed by atoms with van der Waals surface area (Å²) < 4.78 is 16.2. The molecule has 7 nitrogen and oxygen atoms in total. The Hall–Kier alpha value is -3.13. The summed E-state index contributed by atoms with van der Waals surface area (Å²) in [6.45, 7) is 6.25. The van der Waals surface area contributed by atoms with Crippen LogP contribution in [0, 0.1) is 5.41 Å². The van der Waals surface area contributed by atoms with Crippen LogP contribution in [-0.2, 0) is 11.2 Å². The quantitative estimate of drug-likeness (QED) is 0.559. The molecule has 0 aliphatic heterocycles. The van der Waals surface area contributed by atoms with E-state index in [-0.39, 0.29) is 17.7 Å². The fourth-order valence-corrected chi connectivity index (χ4v) is 3.79. The van der Waals surface area contributed by atoms with Gasteiger partial charge in [0, 0.05) is 10.3 Å². The van der Waals surface area contributed by atoms with Crippen LogP contribution in [0.4, 0.5) is 5.00 Å². The zero-order valence-electron chi connectivity index (χ0n) is 16.5. The number of thiophene rings is 1. The van der Waals surface area contributed by atoms with Crippen LogP contribution in [-0.4, -0.2) is 25.1 Å². The monoisotopic (exact) mass is 414 g/mol. The average Bonchev–Trinajstić information content (AvgIpc) is 3.11.